The zero-order valence-corrected chi connectivity index (χ0v) is 7.94. The van der Waals surface area contributed by atoms with Crippen LogP contribution in [0.2, 0.25) is 0 Å². The molecule has 1 aliphatic carbocycles. The molecule has 14 heavy (non-hydrogen) atoms. The summed E-state index contributed by atoms with van der Waals surface area (Å²) in [6.07, 6.45) is 7.55. The van der Waals surface area contributed by atoms with E-state index in [0.29, 0.717) is 12.8 Å². The van der Waals surface area contributed by atoms with Gasteiger partial charge in [-0.3, -0.25) is 4.68 Å². The quantitative estimate of drug-likeness (QED) is 0.773. The van der Waals surface area contributed by atoms with E-state index in [-0.39, 0.29) is 0 Å². The minimum absolute atomic E-state index is 0.678. The summed E-state index contributed by atoms with van der Waals surface area (Å²) in [5.74, 6) is -0.769. The van der Waals surface area contributed by atoms with Crippen molar-refractivity contribution >= 4 is 5.97 Å². The summed E-state index contributed by atoms with van der Waals surface area (Å²) in [5.41, 5.74) is -0.807. The molecule has 1 saturated carbocycles. The maximum atomic E-state index is 11.3. The molecule has 0 unspecified atom stereocenters. The Morgan fingerprint density at radius 1 is 1.43 bits per heavy atom. The van der Waals surface area contributed by atoms with Gasteiger partial charge in [0.15, 0.2) is 5.54 Å². The van der Waals surface area contributed by atoms with Crippen molar-refractivity contribution in [1.29, 1.82) is 0 Å². The number of hydrogen-bond donors (Lipinski definition) is 1. The number of rotatable bonds is 2. The first-order chi connectivity index (χ1) is 6.76. The Morgan fingerprint density at radius 2 is 2.14 bits per heavy atom. The normalized spacial score (nSPS) is 20.6. The van der Waals surface area contributed by atoms with Crippen LogP contribution in [0.25, 0.3) is 0 Å². The molecule has 1 radical (unpaired) electrons. The minimum atomic E-state index is -0.807. The van der Waals surface area contributed by atoms with Gasteiger partial charge in [-0.2, -0.15) is 5.10 Å². The zero-order valence-electron chi connectivity index (χ0n) is 7.94. The Morgan fingerprint density at radius 3 is 2.64 bits per heavy atom. The zero-order chi connectivity index (χ0) is 10.0. The van der Waals surface area contributed by atoms with E-state index in [0.717, 1.165) is 19.3 Å². The fourth-order valence-electron chi connectivity index (χ4n) is 2.14. The predicted octanol–water partition coefficient (Wildman–Crippen LogP) is 1.43. The second kappa shape index (κ2) is 3.44. The van der Waals surface area contributed by atoms with Crippen LogP contribution < -0.4 is 0 Å². The third-order valence-electron chi connectivity index (χ3n) is 2.97. The highest BCUT2D eigenvalue weighted by Crippen LogP contribution is 2.34. The van der Waals surface area contributed by atoms with Crippen molar-refractivity contribution < 1.29 is 9.90 Å². The Bertz CT molecular complexity index is 313. The SMILES string of the molecule is O=C(O)C1(n2c[c]cn2)CCCCC1. The van der Waals surface area contributed by atoms with E-state index in [4.69, 9.17) is 0 Å². The van der Waals surface area contributed by atoms with Gasteiger partial charge in [0.2, 0.25) is 0 Å². The number of carboxylic acids is 1. The largest absolute Gasteiger partial charge is 0.479 e. The summed E-state index contributed by atoms with van der Waals surface area (Å²) in [6.45, 7) is 0. The van der Waals surface area contributed by atoms with E-state index in [9.17, 15) is 9.90 Å². The van der Waals surface area contributed by atoms with Crippen LogP contribution in [0.5, 0.6) is 0 Å². The van der Waals surface area contributed by atoms with Crippen LogP contribution in [0.1, 0.15) is 32.1 Å². The molecule has 1 fully saturated rings. The van der Waals surface area contributed by atoms with Gasteiger partial charge in [-0.15, -0.1) is 0 Å². The first-order valence-electron chi connectivity index (χ1n) is 4.90. The van der Waals surface area contributed by atoms with E-state index in [1.165, 1.54) is 6.20 Å². The molecule has 0 spiro atoms. The van der Waals surface area contributed by atoms with Gasteiger partial charge in [-0.25, -0.2) is 4.79 Å². The smallest absolute Gasteiger partial charge is 0.331 e. The standard InChI is InChI=1S/C10H13N2O2/c13-9(14)10(5-2-1-3-6-10)12-8-4-7-11-12/h7-8H,1-3,5-6H2,(H,13,14). The lowest BCUT2D eigenvalue weighted by Gasteiger charge is -2.33. The van der Waals surface area contributed by atoms with Crippen molar-refractivity contribution in [1.82, 2.24) is 9.78 Å². The molecule has 75 valence electrons. The van der Waals surface area contributed by atoms with E-state index in [1.807, 2.05) is 0 Å². The number of nitrogens with zero attached hydrogens (tertiary/aromatic N) is 2. The molecule has 1 heterocycles. The van der Waals surface area contributed by atoms with Gasteiger partial charge in [0.25, 0.3) is 0 Å². The molecule has 1 aromatic heterocycles. The highest BCUT2D eigenvalue weighted by molar-refractivity contribution is 5.76. The predicted molar refractivity (Wildman–Crippen MR) is 49.8 cm³/mol. The fourth-order valence-corrected chi connectivity index (χ4v) is 2.14. The highest BCUT2D eigenvalue weighted by Gasteiger charge is 2.41. The third kappa shape index (κ3) is 1.31. The monoisotopic (exact) mass is 193 g/mol. The summed E-state index contributed by atoms with van der Waals surface area (Å²) in [7, 11) is 0. The third-order valence-corrected chi connectivity index (χ3v) is 2.97. The lowest BCUT2D eigenvalue weighted by atomic mass is 9.82. The summed E-state index contributed by atoms with van der Waals surface area (Å²) < 4.78 is 1.55. The molecule has 1 aromatic rings. The fraction of sp³-hybridized carbons (Fsp3) is 0.600. The van der Waals surface area contributed by atoms with Crippen molar-refractivity contribution in [2.24, 2.45) is 0 Å². The Labute approximate surface area is 82.5 Å². The van der Waals surface area contributed by atoms with Crippen LogP contribution in [0, 0.1) is 6.07 Å². The van der Waals surface area contributed by atoms with Gasteiger partial charge >= 0.3 is 5.97 Å². The van der Waals surface area contributed by atoms with Crippen molar-refractivity contribution in [3.05, 3.63) is 18.5 Å². The lowest BCUT2D eigenvalue weighted by Crippen LogP contribution is -2.43. The van der Waals surface area contributed by atoms with E-state index >= 15 is 0 Å². The Kier molecular flexibility index (Phi) is 2.27. The molecule has 0 amide bonds. The van der Waals surface area contributed by atoms with Crippen LogP contribution in [0.3, 0.4) is 0 Å². The molecule has 0 aromatic carbocycles. The molecule has 4 heteroatoms. The second-order valence-electron chi connectivity index (χ2n) is 3.78. The maximum Gasteiger partial charge on any atom is 0.331 e. The number of hydrogen-bond acceptors (Lipinski definition) is 2. The Balaban J connectivity index is 2.35. The van der Waals surface area contributed by atoms with Crippen LogP contribution >= 0.6 is 0 Å². The molecule has 1 aliphatic rings. The maximum absolute atomic E-state index is 11.3. The summed E-state index contributed by atoms with van der Waals surface area (Å²) in [5, 5.41) is 13.3. The van der Waals surface area contributed by atoms with Crippen LogP contribution in [-0.2, 0) is 10.3 Å². The van der Waals surface area contributed by atoms with Crippen molar-refractivity contribution in [3.63, 3.8) is 0 Å². The van der Waals surface area contributed by atoms with Crippen LogP contribution in [0.15, 0.2) is 12.4 Å². The molecule has 1 N–H and O–H groups in total. The molecular formula is C10H13N2O2. The molecule has 0 bridgehead atoms. The lowest BCUT2D eigenvalue weighted by molar-refractivity contribution is -0.150. The van der Waals surface area contributed by atoms with E-state index in [2.05, 4.69) is 11.2 Å². The molecule has 0 saturated heterocycles. The van der Waals surface area contributed by atoms with Crippen LogP contribution in [-0.4, -0.2) is 20.9 Å². The van der Waals surface area contributed by atoms with Gasteiger partial charge in [-0.1, -0.05) is 19.3 Å². The molecule has 4 nitrogen and oxygen atoms in total. The molecular weight excluding hydrogens is 180 g/mol. The van der Waals surface area contributed by atoms with Gasteiger partial charge in [0.1, 0.15) is 0 Å². The second-order valence-corrected chi connectivity index (χ2v) is 3.78. The average molecular weight is 193 g/mol. The number of carbonyl (C=O) groups is 1. The molecule has 0 aliphatic heterocycles. The van der Waals surface area contributed by atoms with Crippen molar-refractivity contribution in [3.8, 4) is 0 Å². The van der Waals surface area contributed by atoms with Gasteiger partial charge in [0, 0.05) is 12.3 Å². The average Bonchev–Trinajstić information content (AvgIpc) is 2.72. The first-order valence-corrected chi connectivity index (χ1v) is 4.90. The van der Waals surface area contributed by atoms with Crippen molar-refractivity contribution in [2.45, 2.75) is 37.6 Å². The minimum Gasteiger partial charge on any atom is -0.479 e. The topological polar surface area (TPSA) is 55.1 Å². The number of carboxylic acid groups (broad SMARTS) is 1. The molecule has 2 rings (SSSR count). The summed E-state index contributed by atoms with van der Waals surface area (Å²) in [4.78, 5) is 11.3. The number of aromatic nitrogens is 2. The van der Waals surface area contributed by atoms with Crippen molar-refractivity contribution in [2.75, 3.05) is 0 Å². The van der Waals surface area contributed by atoms with Gasteiger partial charge in [0.05, 0.1) is 6.20 Å². The summed E-state index contributed by atoms with van der Waals surface area (Å²) in [6, 6.07) is 2.80. The summed E-state index contributed by atoms with van der Waals surface area (Å²) >= 11 is 0. The number of aliphatic carboxylic acids is 1. The van der Waals surface area contributed by atoms with Gasteiger partial charge in [-0.05, 0) is 12.8 Å². The van der Waals surface area contributed by atoms with Gasteiger partial charge < -0.3 is 5.11 Å². The van der Waals surface area contributed by atoms with Crippen LogP contribution in [0.4, 0.5) is 0 Å². The van der Waals surface area contributed by atoms with E-state index in [1.54, 1.807) is 10.9 Å². The molecule has 0 atom stereocenters. The highest BCUT2D eigenvalue weighted by atomic mass is 16.4. The first kappa shape index (κ1) is 9.24. The van der Waals surface area contributed by atoms with E-state index < -0.39 is 11.5 Å². The Hall–Kier alpha value is -1.32.